The van der Waals surface area contributed by atoms with E-state index in [1.165, 1.54) is 19.2 Å². The maximum atomic E-state index is 12.7. The number of methoxy groups -OCH3 is 1. The van der Waals surface area contributed by atoms with E-state index in [0.29, 0.717) is 18.4 Å². The Bertz CT molecular complexity index is 966. The Kier molecular flexibility index (Phi) is 14.3. The lowest BCUT2D eigenvalue weighted by Crippen LogP contribution is -2.53. The molecular formula is C28H43NO10. The lowest BCUT2D eigenvalue weighted by atomic mass is 9.86. The quantitative estimate of drug-likeness (QED) is 0.172. The number of nitrogens with two attached hydrogens (primary N) is 1. The number of carbonyl (C=O) groups excluding carboxylic acids is 4. The molecule has 1 rings (SSSR count). The molecule has 0 fully saturated rings. The second-order valence-corrected chi connectivity index (χ2v) is 9.60. The van der Waals surface area contributed by atoms with Gasteiger partial charge in [0.15, 0.2) is 11.5 Å². The Morgan fingerprint density at radius 3 is 1.85 bits per heavy atom. The van der Waals surface area contributed by atoms with Gasteiger partial charge in [0.05, 0.1) is 7.11 Å². The molecule has 0 saturated heterocycles. The second-order valence-electron chi connectivity index (χ2n) is 9.60. The van der Waals surface area contributed by atoms with Gasteiger partial charge in [-0.1, -0.05) is 39.7 Å². The lowest BCUT2D eigenvalue weighted by Gasteiger charge is -2.29. The maximum Gasteiger partial charge on any atom is 0.514 e. The molecule has 11 heteroatoms. The molecule has 1 aromatic carbocycles. The summed E-state index contributed by atoms with van der Waals surface area (Å²) < 4.78 is 31.4. The molecule has 0 aliphatic rings. The van der Waals surface area contributed by atoms with E-state index in [4.69, 9.17) is 34.2 Å². The molecule has 2 N–H and O–H groups in total. The van der Waals surface area contributed by atoms with E-state index >= 15 is 0 Å². The molecule has 0 amide bonds. The molecule has 220 valence electrons. The minimum Gasteiger partial charge on any atom is -0.468 e. The highest BCUT2D eigenvalue weighted by Crippen LogP contribution is 2.32. The molecule has 0 heterocycles. The first-order valence-electron chi connectivity index (χ1n) is 13.3. The third-order valence-electron chi connectivity index (χ3n) is 5.76. The minimum atomic E-state index is -1.58. The topological polar surface area (TPSA) is 150 Å². The van der Waals surface area contributed by atoms with Crippen molar-refractivity contribution in [3.63, 3.8) is 0 Å². The summed E-state index contributed by atoms with van der Waals surface area (Å²) in [6, 6.07) is 4.37. The summed E-state index contributed by atoms with van der Waals surface area (Å²) in [5.74, 6) is -1.36. The van der Waals surface area contributed by atoms with Crippen LogP contribution in [0.4, 0.5) is 9.59 Å². The zero-order valence-corrected chi connectivity index (χ0v) is 24.1. The Hall–Kier alpha value is -3.34. The predicted molar refractivity (Wildman–Crippen MR) is 143 cm³/mol. The van der Waals surface area contributed by atoms with Crippen molar-refractivity contribution in [2.24, 2.45) is 5.73 Å². The molecule has 1 aromatic rings. The largest absolute Gasteiger partial charge is 0.514 e. The van der Waals surface area contributed by atoms with Gasteiger partial charge in [-0.3, -0.25) is 9.59 Å². The van der Waals surface area contributed by atoms with E-state index in [1.807, 2.05) is 13.8 Å². The Morgan fingerprint density at radius 2 is 1.36 bits per heavy atom. The molecule has 3 unspecified atom stereocenters. The number of carbonyl (C=O) groups is 4. The number of esters is 2. The monoisotopic (exact) mass is 553 g/mol. The van der Waals surface area contributed by atoms with Crippen LogP contribution in [0.15, 0.2) is 18.2 Å². The van der Waals surface area contributed by atoms with E-state index in [9.17, 15) is 19.2 Å². The first-order chi connectivity index (χ1) is 18.4. The summed E-state index contributed by atoms with van der Waals surface area (Å²) in [7, 11) is 1.21. The molecule has 0 aliphatic carbocycles. The van der Waals surface area contributed by atoms with E-state index in [1.54, 1.807) is 33.8 Å². The number of hydrogen-bond donors (Lipinski definition) is 1. The zero-order valence-electron chi connectivity index (χ0n) is 24.1. The summed E-state index contributed by atoms with van der Waals surface area (Å²) in [6.45, 7) is 10.7. The van der Waals surface area contributed by atoms with Crippen molar-refractivity contribution < 1.29 is 47.6 Å². The SMILES string of the molecule is CCCC(C)OC(=O)Oc1ccc(CC(N)(C[C@H](C)OC(=O)CC)C(=O)OC)cc1OC(=O)OC(C)CCC. The lowest BCUT2D eigenvalue weighted by molar-refractivity contribution is -0.154. The van der Waals surface area contributed by atoms with Crippen molar-refractivity contribution in [1.29, 1.82) is 0 Å². The second kappa shape index (κ2) is 16.6. The molecule has 0 aromatic heterocycles. The summed E-state index contributed by atoms with van der Waals surface area (Å²) in [6.07, 6.45) is -0.396. The zero-order chi connectivity index (χ0) is 29.6. The van der Waals surface area contributed by atoms with Crippen LogP contribution in [0.1, 0.15) is 85.6 Å². The third-order valence-corrected chi connectivity index (χ3v) is 5.76. The van der Waals surface area contributed by atoms with Gasteiger partial charge in [0.2, 0.25) is 0 Å². The highest BCUT2D eigenvalue weighted by Gasteiger charge is 2.38. The van der Waals surface area contributed by atoms with Crippen LogP contribution in [0.3, 0.4) is 0 Å². The van der Waals surface area contributed by atoms with Crippen LogP contribution >= 0.6 is 0 Å². The van der Waals surface area contributed by atoms with Gasteiger partial charge in [0, 0.05) is 19.3 Å². The molecule has 39 heavy (non-hydrogen) atoms. The van der Waals surface area contributed by atoms with Crippen molar-refractivity contribution in [2.75, 3.05) is 7.11 Å². The summed E-state index contributed by atoms with van der Waals surface area (Å²) in [5, 5.41) is 0. The van der Waals surface area contributed by atoms with Gasteiger partial charge in [-0.25, -0.2) is 9.59 Å². The Balaban J connectivity index is 3.27. The van der Waals surface area contributed by atoms with Crippen LogP contribution in [-0.4, -0.2) is 55.2 Å². The van der Waals surface area contributed by atoms with Gasteiger partial charge in [-0.05, 0) is 51.3 Å². The fourth-order valence-corrected chi connectivity index (χ4v) is 3.97. The number of benzene rings is 1. The minimum absolute atomic E-state index is 0.0297. The summed E-state index contributed by atoms with van der Waals surface area (Å²) in [5.41, 5.74) is 5.33. The van der Waals surface area contributed by atoms with Crippen LogP contribution in [0.25, 0.3) is 0 Å². The standard InChI is InChI=1S/C28H43NO10/c1-8-11-18(4)36-26(32)38-22-14-13-21(15-23(22)39-27(33)37-19(5)12-9-2)17-28(29,25(31)34-7)16-20(6)35-24(30)10-3/h13-15,18-20H,8-12,16-17,29H2,1-7H3/t18?,19?,20-,28?/m0/s1. The molecular weight excluding hydrogens is 510 g/mol. The van der Waals surface area contributed by atoms with Crippen LogP contribution in [0, 0.1) is 0 Å². The molecule has 0 spiro atoms. The van der Waals surface area contributed by atoms with Crippen molar-refractivity contribution >= 4 is 24.2 Å². The molecule has 0 radical (unpaired) electrons. The van der Waals surface area contributed by atoms with E-state index < -0.39 is 42.0 Å². The average molecular weight is 554 g/mol. The smallest absolute Gasteiger partial charge is 0.468 e. The number of ether oxygens (including phenoxy) is 6. The van der Waals surface area contributed by atoms with Gasteiger partial charge < -0.3 is 34.2 Å². The van der Waals surface area contributed by atoms with E-state index in [-0.39, 0.29) is 36.9 Å². The molecule has 0 saturated carbocycles. The fraction of sp³-hybridized carbons (Fsp3) is 0.643. The first kappa shape index (κ1) is 33.7. The van der Waals surface area contributed by atoms with Crippen molar-refractivity contribution in [2.45, 2.75) is 110 Å². The first-order valence-corrected chi connectivity index (χ1v) is 13.3. The molecule has 4 atom stereocenters. The van der Waals surface area contributed by atoms with Crippen LogP contribution < -0.4 is 15.2 Å². The van der Waals surface area contributed by atoms with Crippen molar-refractivity contribution in [3.05, 3.63) is 23.8 Å². The molecule has 11 nitrogen and oxygen atoms in total. The van der Waals surface area contributed by atoms with Gasteiger partial charge >= 0.3 is 24.2 Å². The maximum absolute atomic E-state index is 12.7. The average Bonchev–Trinajstić information content (AvgIpc) is 2.84. The third kappa shape index (κ3) is 11.9. The Morgan fingerprint density at radius 1 is 0.821 bits per heavy atom. The predicted octanol–water partition coefficient (Wildman–Crippen LogP) is 5.24. The van der Waals surface area contributed by atoms with Crippen molar-refractivity contribution in [1.82, 2.24) is 0 Å². The van der Waals surface area contributed by atoms with Gasteiger partial charge in [-0.15, -0.1) is 0 Å². The number of rotatable bonds is 15. The Labute approximate surface area is 230 Å². The van der Waals surface area contributed by atoms with Gasteiger partial charge in [-0.2, -0.15) is 0 Å². The van der Waals surface area contributed by atoms with Crippen molar-refractivity contribution in [3.8, 4) is 11.5 Å². The van der Waals surface area contributed by atoms with E-state index in [2.05, 4.69) is 0 Å². The van der Waals surface area contributed by atoms with Crippen LogP contribution in [-0.2, 0) is 35.0 Å². The highest BCUT2D eigenvalue weighted by atomic mass is 16.7. The molecule has 0 bridgehead atoms. The highest BCUT2D eigenvalue weighted by molar-refractivity contribution is 5.81. The summed E-state index contributed by atoms with van der Waals surface area (Å²) in [4.78, 5) is 49.2. The van der Waals surface area contributed by atoms with Crippen LogP contribution in [0.5, 0.6) is 11.5 Å². The van der Waals surface area contributed by atoms with Gasteiger partial charge in [0.25, 0.3) is 0 Å². The summed E-state index contributed by atoms with van der Waals surface area (Å²) >= 11 is 0. The van der Waals surface area contributed by atoms with Crippen LogP contribution in [0.2, 0.25) is 0 Å². The molecule has 0 aliphatic heterocycles. The van der Waals surface area contributed by atoms with E-state index in [0.717, 1.165) is 12.8 Å². The number of hydrogen-bond acceptors (Lipinski definition) is 11. The fourth-order valence-electron chi connectivity index (χ4n) is 3.97. The normalized spacial score (nSPS) is 14.7. The van der Waals surface area contributed by atoms with Gasteiger partial charge in [0.1, 0.15) is 23.9 Å².